The third-order valence-corrected chi connectivity index (χ3v) is 2.76. The maximum Gasteiger partial charge on any atom is 0.126 e. The predicted octanol–water partition coefficient (Wildman–Crippen LogP) is 3.11. The van der Waals surface area contributed by atoms with E-state index in [1.54, 1.807) is 16.8 Å². The Kier molecular flexibility index (Phi) is 2.79. The zero-order valence-corrected chi connectivity index (χ0v) is 8.47. The van der Waals surface area contributed by atoms with Gasteiger partial charge in [0.1, 0.15) is 17.7 Å². The highest BCUT2D eigenvalue weighted by Crippen LogP contribution is 2.24. The molecule has 0 aliphatic carbocycles. The van der Waals surface area contributed by atoms with E-state index in [1.807, 2.05) is 0 Å². The lowest BCUT2D eigenvalue weighted by Crippen LogP contribution is -1.99. The summed E-state index contributed by atoms with van der Waals surface area (Å²) >= 11 is 1.42. The van der Waals surface area contributed by atoms with Gasteiger partial charge in [-0.3, -0.25) is 0 Å². The molecule has 15 heavy (non-hydrogen) atoms. The fourth-order valence-corrected chi connectivity index (χ4v) is 2.03. The number of hydrogen-bond acceptors (Lipinski definition) is 2. The molecule has 1 nitrogen and oxygen atoms in total. The summed E-state index contributed by atoms with van der Waals surface area (Å²) in [7, 11) is 0. The van der Waals surface area contributed by atoms with Gasteiger partial charge in [-0.25, -0.2) is 8.78 Å². The number of aliphatic hydroxyl groups is 1. The van der Waals surface area contributed by atoms with Gasteiger partial charge in [-0.1, -0.05) is 0 Å². The van der Waals surface area contributed by atoms with E-state index in [9.17, 15) is 13.9 Å². The molecule has 1 N–H and O–H groups in total. The van der Waals surface area contributed by atoms with E-state index in [0.29, 0.717) is 5.56 Å². The molecule has 0 fully saturated rings. The Morgan fingerprint density at radius 1 is 1.07 bits per heavy atom. The third kappa shape index (κ3) is 2.22. The molecule has 4 heteroatoms. The Balaban J connectivity index is 2.37. The summed E-state index contributed by atoms with van der Waals surface area (Å²) in [6.07, 6.45) is -0.971. The molecule has 2 rings (SSSR count). The van der Waals surface area contributed by atoms with Crippen molar-refractivity contribution in [1.29, 1.82) is 0 Å². The second-order valence-electron chi connectivity index (χ2n) is 3.16. The largest absolute Gasteiger partial charge is 0.384 e. The van der Waals surface area contributed by atoms with Gasteiger partial charge in [0.05, 0.1) is 0 Å². The minimum atomic E-state index is -0.971. The molecule has 0 bridgehead atoms. The zero-order valence-electron chi connectivity index (χ0n) is 7.65. The number of benzene rings is 1. The van der Waals surface area contributed by atoms with Crippen LogP contribution < -0.4 is 0 Å². The van der Waals surface area contributed by atoms with Crippen molar-refractivity contribution in [2.75, 3.05) is 0 Å². The van der Waals surface area contributed by atoms with Gasteiger partial charge >= 0.3 is 0 Å². The van der Waals surface area contributed by atoms with Gasteiger partial charge in [0.25, 0.3) is 0 Å². The predicted molar refractivity (Wildman–Crippen MR) is 54.7 cm³/mol. The first-order valence-corrected chi connectivity index (χ1v) is 5.27. The lowest BCUT2D eigenvalue weighted by atomic mass is 10.0. The van der Waals surface area contributed by atoms with Crippen molar-refractivity contribution in [1.82, 2.24) is 0 Å². The second-order valence-corrected chi connectivity index (χ2v) is 3.94. The Labute approximate surface area is 89.6 Å². The van der Waals surface area contributed by atoms with E-state index in [-0.39, 0.29) is 5.56 Å². The Hall–Kier alpha value is -1.26. The van der Waals surface area contributed by atoms with Gasteiger partial charge in [-0.2, -0.15) is 11.3 Å². The lowest BCUT2D eigenvalue weighted by Gasteiger charge is -2.09. The van der Waals surface area contributed by atoms with Crippen LogP contribution in [0.15, 0.2) is 35.0 Å². The molecule has 0 amide bonds. The van der Waals surface area contributed by atoms with Gasteiger partial charge in [0, 0.05) is 6.07 Å². The molecule has 0 aliphatic heterocycles. The summed E-state index contributed by atoms with van der Waals surface area (Å²) in [6, 6.07) is 4.76. The molecule has 2 aromatic rings. The number of hydrogen-bond donors (Lipinski definition) is 1. The first kappa shape index (κ1) is 10.3. The zero-order chi connectivity index (χ0) is 10.8. The SMILES string of the molecule is O[C@@H](c1ccsc1)c1cc(F)cc(F)c1. The topological polar surface area (TPSA) is 20.2 Å². The quantitative estimate of drug-likeness (QED) is 0.834. The average molecular weight is 226 g/mol. The smallest absolute Gasteiger partial charge is 0.126 e. The fraction of sp³-hybridized carbons (Fsp3) is 0.0909. The van der Waals surface area contributed by atoms with E-state index < -0.39 is 17.7 Å². The maximum atomic E-state index is 12.9. The molecule has 0 aliphatic rings. The van der Waals surface area contributed by atoms with Crippen LogP contribution in [-0.4, -0.2) is 5.11 Å². The number of thiophene rings is 1. The normalized spacial score (nSPS) is 12.7. The minimum Gasteiger partial charge on any atom is -0.384 e. The highest BCUT2D eigenvalue weighted by Gasteiger charge is 2.12. The van der Waals surface area contributed by atoms with Crippen LogP contribution in [-0.2, 0) is 0 Å². The standard InChI is InChI=1S/C11H8F2OS/c12-9-3-8(4-10(13)5-9)11(14)7-1-2-15-6-7/h1-6,11,14H/t11-/m0/s1. The van der Waals surface area contributed by atoms with E-state index >= 15 is 0 Å². The summed E-state index contributed by atoms with van der Waals surface area (Å²) in [6.45, 7) is 0. The van der Waals surface area contributed by atoms with Gasteiger partial charge in [-0.05, 0) is 40.1 Å². The Morgan fingerprint density at radius 3 is 2.27 bits per heavy atom. The third-order valence-electron chi connectivity index (χ3n) is 2.06. The fourth-order valence-electron chi connectivity index (χ4n) is 1.36. The Bertz CT molecular complexity index is 433. The molecule has 0 saturated heterocycles. The van der Waals surface area contributed by atoms with Crippen LogP contribution in [0.1, 0.15) is 17.2 Å². The van der Waals surface area contributed by atoms with Crippen LogP contribution in [0.2, 0.25) is 0 Å². The average Bonchev–Trinajstić information content (AvgIpc) is 2.67. The molecule has 1 heterocycles. The van der Waals surface area contributed by atoms with Gasteiger partial charge in [0.2, 0.25) is 0 Å². The van der Waals surface area contributed by atoms with E-state index in [4.69, 9.17) is 0 Å². The molecular weight excluding hydrogens is 218 g/mol. The Morgan fingerprint density at radius 2 is 1.73 bits per heavy atom. The van der Waals surface area contributed by atoms with Crippen LogP contribution in [0.4, 0.5) is 8.78 Å². The van der Waals surface area contributed by atoms with Crippen molar-refractivity contribution in [2.24, 2.45) is 0 Å². The second kappa shape index (κ2) is 4.08. The van der Waals surface area contributed by atoms with Crippen LogP contribution in [0.5, 0.6) is 0 Å². The first-order chi connectivity index (χ1) is 7.16. The molecule has 1 aromatic heterocycles. The van der Waals surface area contributed by atoms with E-state index in [1.165, 1.54) is 11.3 Å². The van der Waals surface area contributed by atoms with Crippen molar-refractivity contribution in [3.05, 3.63) is 57.8 Å². The van der Waals surface area contributed by atoms with Crippen LogP contribution in [0.3, 0.4) is 0 Å². The van der Waals surface area contributed by atoms with Crippen molar-refractivity contribution in [3.63, 3.8) is 0 Å². The lowest BCUT2D eigenvalue weighted by molar-refractivity contribution is 0.219. The van der Waals surface area contributed by atoms with Crippen LogP contribution in [0, 0.1) is 11.6 Å². The molecule has 0 saturated carbocycles. The molecule has 0 unspecified atom stereocenters. The van der Waals surface area contributed by atoms with Gasteiger partial charge in [0.15, 0.2) is 0 Å². The summed E-state index contributed by atoms with van der Waals surface area (Å²) in [5, 5.41) is 13.3. The summed E-state index contributed by atoms with van der Waals surface area (Å²) < 4.78 is 25.8. The minimum absolute atomic E-state index is 0.228. The van der Waals surface area contributed by atoms with Gasteiger partial charge < -0.3 is 5.11 Å². The van der Waals surface area contributed by atoms with Crippen molar-refractivity contribution >= 4 is 11.3 Å². The first-order valence-electron chi connectivity index (χ1n) is 4.33. The molecule has 78 valence electrons. The molecule has 0 radical (unpaired) electrons. The molecule has 1 aromatic carbocycles. The van der Waals surface area contributed by atoms with Crippen molar-refractivity contribution in [3.8, 4) is 0 Å². The number of aliphatic hydroxyl groups excluding tert-OH is 1. The van der Waals surface area contributed by atoms with E-state index in [0.717, 1.165) is 18.2 Å². The molecule has 1 atom stereocenters. The highest BCUT2D eigenvalue weighted by molar-refractivity contribution is 7.07. The van der Waals surface area contributed by atoms with Crippen molar-refractivity contribution < 1.29 is 13.9 Å². The summed E-state index contributed by atoms with van der Waals surface area (Å²) in [5.74, 6) is -1.36. The summed E-state index contributed by atoms with van der Waals surface area (Å²) in [4.78, 5) is 0. The molecular formula is C11H8F2OS. The monoisotopic (exact) mass is 226 g/mol. The number of halogens is 2. The van der Waals surface area contributed by atoms with Crippen LogP contribution in [0.25, 0.3) is 0 Å². The number of rotatable bonds is 2. The highest BCUT2D eigenvalue weighted by atomic mass is 32.1. The van der Waals surface area contributed by atoms with Crippen molar-refractivity contribution in [2.45, 2.75) is 6.10 Å². The maximum absolute atomic E-state index is 12.9. The summed E-state index contributed by atoms with van der Waals surface area (Å²) in [5.41, 5.74) is 0.871. The van der Waals surface area contributed by atoms with E-state index in [2.05, 4.69) is 0 Å². The van der Waals surface area contributed by atoms with Crippen LogP contribution >= 0.6 is 11.3 Å². The molecule has 0 spiro atoms. The van der Waals surface area contributed by atoms with Gasteiger partial charge in [-0.15, -0.1) is 0 Å².